The average Bonchev–Trinajstić information content (AvgIpc) is 3.03. The van der Waals surface area contributed by atoms with E-state index < -0.39 is 10.0 Å². The lowest BCUT2D eigenvalue weighted by Crippen LogP contribution is -2.35. The van der Waals surface area contributed by atoms with Crippen LogP contribution in [0.3, 0.4) is 0 Å². The van der Waals surface area contributed by atoms with Gasteiger partial charge in [-0.25, -0.2) is 12.7 Å². The number of aryl methyl sites for hydroxylation is 2. The third kappa shape index (κ3) is 2.75. The highest BCUT2D eigenvalue weighted by molar-refractivity contribution is 7.89. The number of carbonyl (C=O) groups excluding carboxylic acids is 1. The summed E-state index contributed by atoms with van der Waals surface area (Å²) < 4.78 is 24.7. The first kappa shape index (κ1) is 14.0. The molecule has 110 valence electrons. The molecule has 3 rings (SSSR count). The first-order chi connectivity index (χ1) is 9.56. The molecule has 1 aliphatic carbocycles. The van der Waals surface area contributed by atoms with E-state index in [0.29, 0.717) is 26.1 Å². The van der Waals surface area contributed by atoms with E-state index in [9.17, 15) is 13.2 Å². The van der Waals surface area contributed by atoms with Gasteiger partial charge in [0, 0.05) is 24.5 Å². The van der Waals surface area contributed by atoms with Gasteiger partial charge in [-0.15, -0.1) is 11.3 Å². The second-order valence-electron chi connectivity index (χ2n) is 5.24. The quantitative estimate of drug-likeness (QED) is 0.902. The Labute approximate surface area is 123 Å². The Morgan fingerprint density at radius 1 is 1.35 bits per heavy atom. The minimum Gasteiger partial charge on any atom is -0.350 e. The van der Waals surface area contributed by atoms with Crippen LogP contribution >= 0.6 is 11.3 Å². The van der Waals surface area contributed by atoms with E-state index >= 15 is 0 Å². The van der Waals surface area contributed by atoms with Crippen molar-refractivity contribution in [1.82, 2.24) is 9.62 Å². The molecule has 5 nitrogen and oxygen atoms in total. The molecule has 1 aliphatic heterocycles. The number of hydrogen-bond donors (Lipinski definition) is 1. The van der Waals surface area contributed by atoms with Crippen molar-refractivity contribution in [3.05, 3.63) is 21.4 Å². The van der Waals surface area contributed by atoms with Crippen LogP contribution in [0.5, 0.6) is 0 Å². The predicted molar refractivity (Wildman–Crippen MR) is 78.7 cm³/mol. The standard InChI is InChI=1S/C13H18N2O3S2/c16-13(12-9-10-3-1-4-11(10)19-12)14-5-7-15-6-2-8-20(15,17)18/h9H,1-8H2,(H,14,16). The number of nitrogens with one attached hydrogen (secondary N) is 1. The van der Waals surface area contributed by atoms with Crippen molar-refractivity contribution in [3.63, 3.8) is 0 Å². The molecule has 1 aromatic heterocycles. The van der Waals surface area contributed by atoms with Crippen LogP contribution in [0.1, 0.15) is 33.0 Å². The molecule has 1 aromatic rings. The summed E-state index contributed by atoms with van der Waals surface area (Å²) in [5.74, 6) is 0.152. The van der Waals surface area contributed by atoms with Gasteiger partial charge in [-0.1, -0.05) is 0 Å². The fourth-order valence-corrected chi connectivity index (χ4v) is 5.46. The Morgan fingerprint density at radius 3 is 2.90 bits per heavy atom. The van der Waals surface area contributed by atoms with E-state index in [1.807, 2.05) is 6.07 Å². The lowest BCUT2D eigenvalue weighted by Gasteiger charge is -2.14. The summed E-state index contributed by atoms with van der Waals surface area (Å²) in [5.41, 5.74) is 1.31. The molecule has 0 radical (unpaired) electrons. The molecule has 1 amide bonds. The maximum absolute atomic E-state index is 12.0. The predicted octanol–water partition coefficient (Wildman–Crippen LogP) is 1.00. The van der Waals surface area contributed by atoms with Crippen LogP contribution in [-0.2, 0) is 22.9 Å². The number of carbonyl (C=O) groups is 1. The Bertz CT molecular complexity index is 600. The van der Waals surface area contributed by atoms with Crippen molar-refractivity contribution in [3.8, 4) is 0 Å². The van der Waals surface area contributed by atoms with E-state index in [1.54, 1.807) is 11.3 Å². The number of nitrogens with zero attached hydrogens (tertiary/aromatic N) is 1. The molecule has 0 atom stereocenters. The molecule has 0 unspecified atom stereocenters. The second kappa shape index (κ2) is 5.46. The van der Waals surface area contributed by atoms with E-state index in [4.69, 9.17) is 0 Å². The summed E-state index contributed by atoms with van der Waals surface area (Å²) in [4.78, 5) is 14.1. The number of hydrogen-bond acceptors (Lipinski definition) is 4. The van der Waals surface area contributed by atoms with Crippen molar-refractivity contribution >= 4 is 27.3 Å². The normalized spacial score (nSPS) is 21.0. The number of amides is 1. The third-order valence-electron chi connectivity index (χ3n) is 3.82. The second-order valence-corrected chi connectivity index (χ2v) is 8.46. The van der Waals surface area contributed by atoms with Crippen LogP contribution in [0.15, 0.2) is 6.07 Å². The topological polar surface area (TPSA) is 66.5 Å². The zero-order valence-electron chi connectivity index (χ0n) is 11.2. The SMILES string of the molecule is O=C(NCCN1CCCS1(=O)=O)c1cc2c(s1)CCC2. The number of thiophene rings is 1. The van der Waals surface area contributed by atoms with Gasteiger partial charge in [0.1, 0.15) is 0 Å². The summed E-state index contributed by atoms with van der Waals surface area (Å²) in [6.45, 7) is 1.32. The Balaban J connectivity index is 1.52. The lowest BCUT2D eigenvalue weighted by atomic mass is 10.2. The van der Waals surface area contributed by atoms with Crippen LogP contribution in [-0.4, -0.2) is 44.0 Å². The van der Waals surface area contributed by atoms with Gasteiger partial charge in [0.25, 0.3) is 5.91 Å². The zero-order chi connectivity index (χ0) is 14.2. The summed E-state index contributed by atoms with van der Waals surface area (Å²) in [7, 11) is -3.06. The third-order valence-corrected chi connectivity index (χ3v) is 7.01. The van der Waals surface area contributed by atoms with Gasteiger partial charge in [0.2, 0.25) is 10.0 Å². The maximum Gasteiger partial charge on any atom is 0.261 e. The molecule has 0 bridgehead atoms. The highest BCUT2D eigenvalue weighted by Crippen LogP contribution is 2.30. The van der Waals surface area contributed by atoms with Crippen LogP contribution in [0.4, 0.5) is 0 Å². The monoisotopic (exact) mass is 314 g/mol. The first-order valence-electron chi connectivity index (χ1n) is 6.94. The van der Waals surface area contributed by atoms with E-state index in [-0.39, 0.29) is 11.7 Å². The van der Waals surface area contributed by atoms with Gasteiger partial charge in [-0.05, 0) is 37.3 Å². The molecule has 7 heteroatoms. The molecule has 1 N–H and O–H groups in total. The maximum atomic E-state index is 12.0. The van der Waals surface area contributed by atoms with Crippen molar-refractivity contribution in [1.29, 1.82) is 0 Å². The fourth-order valence-electron chi connectivity index (χ4n) is 2.76. The van der Waals surface area contributed by atoms with Gasteiger partial charge in [0.05, 0.1) is 10.6 Å². The highest BCUT2D eigenvalue weighted by atomic mass is 32.2. The van der Waals surface area contributed by atoms with Crippen molar-refractivity contribution in [2.24, 2.45) is 0 Å². The summed E-state index contributed by atoms with van der Waals surface area (Å²) in [5, 5.41) is 2.82. The van der Waals surface area contributed by atoms with Crippen molar-refractivity contribution < 1.29 is 13.2 Å². The summed E-state index contributed by atoms with van der Waals surface area (Å²) in [6.07, 6.45) is 4.04. The Hall–Kier alpha value is -0.920. The van der Waals surface area contributed by atoms with Crippen molar-refractivity contribution in [2.75, 3.05) is 25.4 Å². The highest BCUT2D eigenvalue weighted by Gasteiger charge is 2.27. The van der Waals surface area contributed by atoms with Crippen LogP contribution in [0.25, 0.3) is 0 Å². The number of fused-ring (bicyclic) bond motifs is 1. The molecule has 1 saturated heterocycles. The summed E-state index contributed by atoms with van der Waals surface area (Å²) >= 11 is 1.57. The van der Waals surface area contributed by atoms with Crippen LogP contribution in [0.2, 0.25) is 0 Å². The molecular weight excluding hydrogens is 296 g/mol. The zero-order valence-corrected chi connectivity index (χ0v) is 12.9. The number of rotatable bonds is 4. The molecule has 0 saturated carbocycles. The number of sulfonamides is 1. The first-order valence-corrected chi connectivity index (χ1v) is 9.36. The van der Waals surface area contributed by atoms with Gasteiger partial charge in [-0.2, -0.15) is 0 Å². The molecule has 20 heavy (non-hydrogen) atoms. The minimum atomic E-state index is -3.06. The van der Waals surface area contributed by atoms with E-state index in [2.05, 4.69) is 5.32 Å². The van der Waals surface area contributed by atoms with Gasteiger partial charge in [0.15, 0.2) is 0 Å². The Kier molecular flexibility index (Phi) is 3.83. The van der Waals surface area contributed by atoms with Crippen LogP contribution < -0.4 is 5.32 Å². The molecule has 2 aliphatic rings. The molecule has 0 aromatic carbocycles. The smallest absolute Gasteiger partial charge is 0.261 e. The van der Waals surface area contributed by atoms with E-state index in [1.165, 1.54) is 21.2 Å². The average molecular weight is 314 g/mol. The summed E-state index contributed by atoms with van der Waals surface area (Å²) in [6, 6.07) is 1.98. The molecular formula is C13H18N2O3S2. The molecule has 1 fully saturated rings. The van der Waals surface area contributed by atoms with Gasteiger partial charge >= 0.3 is 0 Å². The fraction of sp³-hybridized carbons (Fsp3) is 0.615. The van der Waals surface area contributed by atoms with E-state index in [0.717, 1.165) is 17.7 Å². The molecule has 0 spiro atoms. The van der Waals surface area contributed by atoms with Crippen molar-refractivity contribution in [2.45, 2.75) is 25.7 Å². The van der Waals surface area contributed by atoms with Crippen LogP contribution in [0, 0.1) is 0 Å². The van der Waals surface area contributed by atoms with Gasteiger partial charge in [-0.3, -0.25) is 4.79 Å². The largest absolute Gasteiger partial charge is 0.350 e. The molecule has 2 heterocycles. The van der Waals surface area contributed by atoms with Gasteiger partial charge < -0.3 is 5.32 Å². The Morgan fingerprint density at radius 2 is 2.20 bits per heavy atom. The minimum absolute atomic E-state index is 0.0824. The lowest BCUT2D eigenvalue weighted by molar-refractivity contribution is 0.0956.